The highest BCUT2D eigenvalue weighted by atomic mass is 32.2. The van der Waals surface area contributed by atoms with E-state index in [0.717, 1.165) is 19.4 Å². The van der Waals surface area contributed by atoms with Gasteiger partial charge in [-0.15, -0.1) is 0 Å². The van der Waals surface area contributed by atoms with Crippen LogP contribution in [0.5, 0.6) is 0 Å². The SMILES string of the molecule is CCNC(CSc1ncco1)(C(=O)OCC)C1CC1. The van der Waals surface area contributed by atoms with Crippen molar-refractivity contribution in [3.05, 3.63) is 12.5 Å². The predicted octanol–water partition coefficient (Wildman–Crippen LogP) is 2.09. The molecule has 5 nitrogen and oxygen atoms in total. The van der Waals surface area contributed by atoms with Crippen molar-refractivity contribution < 1.29 is 13.9 Å². The van der Waals surface area contributed by atoms with Gasteiger partial charge in [-0.2, -0.15) is 0 Å². The lowest BCUT2D eigenvalue weighted by molar-refractivity contribution is -0.151. The van der Waals surface area contributed by atoms with Gasteiger partial charge < -0.3 is 14.5 Å². The molecule has 1 saturated carbocycles. The highest BCUT2D eigenvalue weighted by molar-refractivity contribution is 7.99. The van der Waals surface area contributed by atoms with E-state index in [9.17, 15) is 4.79 Å². The van der Waals surface area contributed by atoms with Crippen molar-refractivity contribution in [3.63, 3.8) is 0 Å². The van der Waals surface area contributed by atoms with Crippen LogP contribution < -0.4 is 5.32 Å². The first-order chi connectivity index (χ1) is 9.23. The Morgan fingerprint density at radius 1 is 1.63 bits per heavy atom. The van der Waals surface area contributed by atoms with E-state index < -0.39 is 5.54 Å². The molecule has 19 heavy (non-hydrogen) atoms. The molecule has 1 heterocycles. The summed E-state index contributed by atoms with van der Waals surface area (Å²) in [6, 6.07) is 0. The van der Waals surface area contributed by atoms with Crippen molar-refractivity contribution in [3.8, 4) is 0 Å². The molecule has 1 aliphatic rings. The minimum Gasteiger partial charge on any atom is -0.465 e. The topological polar surface area (TPSA) is 64.4 Å². The van der Waals surface area contributed by atoms with E-state index in [-0.39, 0.29) is 5.97 Å². The fourth-order valence-electron chi connectivity index (χ4n) is 2.22. The summed E-state index contributed by atoms with van der Waals surface area (Å²) >= 11 is 1.46. The third-order valence-electron chi connectivity index (χ3n) is 3.24. The van der Waals surface area contributed by atoms with E-state index in [2.05, 4.69) is 10.3 Å². The Labute approximate surface area is 117 Å². The second-order valence-corrected chi connectivity index (χ2v) is 5.51. The Hall–Kier alpha value is -1.01. The Balaban J connectivity index is 2.09. The Kier molecular flexibility index (Phi) is 4.87. The number of nitrogens with zero attached hydrogens (tertiary/aromatic N) is 1. The highest BCUT2D eigenvalue weighted by Crippen LogP contribution is 2.43. The number of carbonyl (C=O) groups excluding carboxylic acids is 1. The molecule has 106 valence electrons. The van der Waals surface area contributed by atoms with Crippen molar-refractivity contribution in [2.75, 3.05) is 18.9 Å². The molecule has 1 unspecified atom stereocenters. The second-order valence-electron chi connectivity index (χ2n) is 4.58. The van der Waals surface area contributed by atoms with Crippen LogP contribution in [0.3, 0.4) is 0 Å². The fourth-order valence-corrected chi connectivity index (χ4v) is 3.29. The molecule has 0 spiro atoms. The minimum absolute atomic E-state index is 0.154. The number of carbonyl (C=O) groups is 1. The lowest BCUT2D eigenvalue weighted by Crippen LogP contribution is -2.57. The maximum Gasteiger partial charge on any atom is 0.327 e. The summed E-state index contributed by atoms with van der Waals surface area (Å²) in [5, 5.41) is 3.93. The van der Waals surface area contributed by atoms with Crippen LogP contribution in [-0.4, -0.2) is 35.4 Å². The molecule has 0 bridgehead atoms. The van der Waals surface area contributed by atoms with Crippen LogP contribution in [0.2, 0.25) is 0 Å². The number of thioether (sulfide) groups is 1. The van der Waals surface area contributed by atoms with Gasteiger partial charge in [0.2, 0.25) is 0 Å². The number of aromatic nitrogens is 1. The molecule has 1 fully saturated rings. The number of esters is 1. The van der Waals surface area contributed by atoms with E-state index >= 15 is 0 Å². The summed E-state index contributed by atoms with van der Waals surface area (Å²) in [5.41, 5.74) is -0.607. The minimum atomic E-state index is -0.607. The van der Waals surface area contributed by atoms with Gasteiger partial charge in [-0.25, -0.2) is 4.98 Å². The maximum atomic E-state index is 12.3. The van der Waals surface area contributed by atoms with Gasteiger partial charge >= 0.3 is 5.97 Å². The van der Waals surface area contributed by atoms with Gasteiger partial charge in [0.15, 0.2) is 0 Å². The number of rotatable bonds is 8. The van der Waals surface area contributed by atoms with Crippen molar-refractivity contribution in [1.82, 2.24) is 10.3 Å². The molecule has 0 aromatic carbocycles. The number of oxazole rings is 1. The van der Waals surface area contributed by atoms with Crippen molar-refractivity contribution >= 4 is 17.7 Å². The molecule has 1 atom stereocenters. The lowest BCUT2D eigenvalue weighted by Gasteiger charge is -2.31. The quantitative estimate of drug-likeness (QED) is 0.582. The molecule has 1 aromatic heterocycles. The van der Waals surface area contributed by atoms with Crippen LogP contribution in [-0.2, 0) is 9.53 Å². The molecule has 0 saturated heterocycles. The lowest BCUT2D eigenvalue weighted by atomic mass is 9.95. The normalized spacial score (nSPS) is 18.0. The molecule has 0 amide bonds. The Morgan fingerprint density at radius 2 is 2.42 bits per heavy atom. The first-order valence-electron chi connectivity index (χ1n) is 6.67. The molecular formula is C13H20N2O3S. The second kappa shape index (κ2) is 6.43. The summed E-state index contributed by atoms with van der Waals surface area (Å²) in [6.07, 6.45) is 5.29. The summed E-state index contributed by atoms with van der Waals surface area (Å²) in [6.45, 7) is 4.98. The fraction of sp³-hybridized carbons (Fsp3) is 0.692. The largest absolute Gasteiger partial charge is 0.465 e. The van der Waals surface area contributed by atoms with E-state index in [1.54, 1.807) is 12.5 Å². The monoisotopic (exact) mass is 284 g/mol. The number of ether oxygens (including phenoxy) is 1. The van der Waals surface area contributed by atoms with E-state index in [1.165, 1.54) is 11.8 Å². The van der Waals surface area contributed by atoms with Crippen LogP contribution in [0, 0.1) is 5.92 Å². The number of hydrogen-bond donors (Lipinski definition) is 1. The summed E-state index contributed by atoms with van der Waals surface area (Å²) in [4.78, 5) is 16.4. The highest BCUT2D eigenvalue weighted by Gasteiger charge is 2.51. The van der Waals surface area contributed by atoms with Gasteiger partial charge in [-0.05, 0) is 32.2 Å². The zero-order valence-electron chi connectivity index (χ0n) is 11.3. The smallest absolute Gasteiger partial charge is 0.327 e. The van der Waals surface area contributed by atoms with E-state index in [4.69, 9.17) is 9.15 Å². The van der Waals surface area contributed by atoms with Crippen molar-refractivity contribution in [1.29, 1.82) is 0 Å². The van der Waals surface area contributed by atoms with Crippen LogP contribution in [0.15, 0.2) is 22.1 Å². The standard InChI is InChI=1S/C13H20N2O3S/c1-3-15-13(10-5-6-10,11(16)17-4-2)9-19-12-14-7-8-18-12/h7-8,10,15H,3-6,9H2,1-2H3. The zero-order chi connectivity index (χ0) is 13.7. The zero-order valence-corrected chi connectivity index (χ0v) is 12.2. The van der Waals surface area contributed by atoms with Crippen LogP contribution >= 0.6 is 11.8 Å². The maximum absolute atomic E-state index is 12.3. The summed E-state index contributed by atoms with van der Waals surface area (Å²) in [7, 11) is 0. The third kappa shape index (κ3) is 3.30. The third-order valence-corrected chi connectivity index (χ3v) is 4.29. The average molecular weight is 284 g/mol. The van der Waals surface area contributed by atoms with E-state index in [0.29, 0.717) is 23.5 Å². The summed E-state index contributed by atoms with van der Waals surface area (Å²) in [5.74, 6) is 0.789. The van der Waals surface area contributed by atoms with Crippen LogP contribution in [0.4, 0.5) is 0 Å². The average Bonchev–Trinajstić information content (AvgIpc) is 3.12. The van der Waals surface area contributed by atoms with Crippen molar-refractivity contribution in [2.45, 2.75) is 37.5 Å². The molecule has 2 rings (SSSR count). The number of nitrogens with one attached hydrogen (secondary N) is 1. The first-order valence-corrected chi connectivity index (χ1v) is 7.66. The van der Waals surface area contributed by atoms with Gasteiger partial charge in [0.05, 0.1) is 12.8 Å². The summed E-state index contributed by atoms with van der Waals surface area (Å²) < 4.78 is 10.5. The van der Waals surface area contributed by atoms with Gasteiger partial charge in [0.25, 0.3) is 5.22 Å². The molecule has 0 aliphatic heterocycles. The van der Waals surface area contributed by atoms with Gasteiger partial charge in [-0.3, -0.25) is 4.79 Å². The first kappa shape index (κ1) is 14.4. The van der Waals surface area contributed by atoms with Crippen LogP contribution in [0.25, 0.3) is 0 Å². The Bertz CT molecular complexity index is 406. The van der Waals surface area contributed by atoms with E-state index in [1.807, 2.05) is 13.8 Å². The van der Waals surface area contributed by atoms with Gasteiger partial charge in [0.1, 0.15) is 11.8 Å². The Morgan fingerprint density at radius 3 is 2.95 bits per heavy atom. The molecule has 6 heteroatoms. The molecule has 1 N–H and O–H groups in total. The van der Waals surface area contributed by atoms with Crippen LogP contribution in [0.1, 0.15) is 26.7 Å². The molecule has 0 radical (unpaired) electrons. The predicted molar refractivity (Wildman–Crippen MR) is 73.0 cm³/mol. The van der Waals surface area contributed by atoms with Gasteiger partial charge in [-0.1, -0.05) is 18.7 Å². The molecule has 1 aliphatic carbocycles. The number of likely N-dealkylation sites (N-methyl/N-ethyl adjacent to an activating group) is 1. The molecule has 1 aromatic rings. The molecular weight excluding hydrogens is 264 g/mol. The van der Waals surface area contributed by atoms with Crippen molar-refractivity contribution in [2.24, 2.45) is 5.92 Å². The van der Waals surface area contributed by atoms with Gasteiger partial charge in [0, 0.05) is 5.75 Å². The number of hydrogen-bond acceptors (Lipinski definition) is 6.